The first-order chi connectivity index (χ1) is 16.8. The van der Waals surface area contributed by atoms with Crippen molar-refractivity contribution in [1.29, 1.82) is 0 Å². The van der Waals surface area contributed by atoms with Gasteiger partial charge in [0.05, 0.1) is 25.3 Å². The van der Waals surface area contributed by atoms with Gasteiger partial charge >= 0.3 is 12.1 Å². The molecule has 1 atom stereocenters. The molecule has 4 rings (SSSR count). The van der Waals surface area contributed by atoms with Crippen LogP contribution in [0.4, 0.5) is 13.2 Å². The van der Waals surface area contributed by atoms with Gasteiger partial charge in [-0.3, -0.25) is 5.32 Å². The lowest BCUT2D eigenvalue weighted by atomic mass is 9.98. The van der Waals surface area contributed by atoms with E-state index in [9.17, 15) is 26.4 Å². The second-order valence-corrected chi connectivity index (χ2v) is 9.97. The Balaban J connectivity index is 2.01. The molecule has 0 aliphatic carbocycles. The zero-order valence-corrected chi connectivity index (χ0v) is 20.5. The average Bonchev–Trinajstić information content (AvgIpc) is 3.16. The van der Waals surface area contributed by atoms with Gasteiger partial charge in [0.25, 0.3) is 10.0 Å². The van der Waals surface area contributed by atoms with Crippen molar-refractivity contribution in [3.05, 3.63) is 47.7 Å². The van der Waals surface area contributed by atoms with Crippen LogP contribution in [0.1, 0.15) is 18.1 Å². The summed E-state index contributed by atoms with van der Waals surface area (Å²) in [5.41, 5.74) is -1.31. The SMILES string of the molecule is COc1ccc(C)cc1S(=O)(=O)n1ccc2c3c(c(OC)cc21)OCCNC3(C)OC(=O)C(F)(F)F. The first kappa shape index (κ1) is 25.6. The van der Waals surface area contributed by atoms with Crippen molar-refractivity contribution in [3.63, 3.8) is 0 Å². The van der Waals surface area contributed by atoms with Crippen molar-refractivity contribution in [3.8, 4) is 17.2 Å². The minimum atomic E-state index is -5.26. The number of carbonyl (C=O) groups excluding carboxylic acids is 1. The fourth-order valence-corrected chi connectivity index (χ4v) is 5.73. The van der Waals surface area contributed by atoms with E-state index in [1.54, 1.807) is 13.0 Å². The number of methoxy groups -OCH3 is 2. The third kappa shape index (κ3) is 4.22. The van der Waals surface area contributed by atoms with Gasteiger partial charge in [0.2, 0.25) is 0 Å². The van der Waals surface area contributed by atoms with Crippen LogP contribution in [0.3, 0.4) is 0 Å². The highest BCUT2D eigenvalue weighted by Crippen LogP contribution is 2.46. The minimum Gasteiger partial charge on any atom is -0.495 e. The maximum atomic E-state index is 13.7. The maximum absolute atomic E-state index is 13.7. The lowest BCUT2D eigenvalue weighted by Crippen LogP contribution is -2.46. The molecule has 0 radical (unpaired) electrons. The number of hydrogen-bond donors (Lipinski definition) is 1. The second kappa shape index (κ2) is 8.89. The average molecular weight is 529 g/mol. The Hall–Kier alpha value is -3.45. The summed E-state index contributed by atoms with van der Waals surface area (Å²) in [7, 11) is -1.61. The number of nitrogens with zero attached hydrogens (tertiary/aromatic N) is 1. The number of esters is 1. The van der Waals surface area contributed by atoms with Crippen molar-refractivity contribution in [2.24, 2.45) is 0 Å². The van der Waals surface area contributed by atoms with Gasteiger partial charge in [-0.05, 0) is 37.6 Å². The van der Waals surface area contributed by atoms with Gasteiger partial charge in [-0.1, -0.05) is 6.07 Å². The number of carbonyl (C=O) groups is 1. The molecular formula is C23H23F3N2O7S. The number of benzene rings is 2. The predicted octanol–water partition coefficient (Wildman–Crippen LogP) is 3.46. The normalized spacial score (nSPS) is 18.2. The number of alkyl halides is 3. The molecule has 0 spiro atoms. The van der Waals surface area contributed by atoms with Crippen molar-refractivity contribution >= 4 is 26.9 Å². The number of rotatable bonds is 5. The minimum absolute atomic E-state index is 0.0166. The molecule has 1 aliphatic rings. The summed E-state index contributed by atoms with van der Waals surface area (Å²) < 4.78 is 89.0. The van der Waals surface area contributed by atoms with Gasteiger partial charge < -0.3 is 18.9 Å². The zero-order chi connectivity index (χ0) is 26.5. The molecule has 0 fully saturated rings. The third-order valence-corrected chi connectivity index (χ3v) is 7.48. The second-order valence-electron chi connectivity index (χ2n) is 8.18. The molecule has 0 saturated carbocycles. The number of ether oxygens (including phenoxy) is 4. The Morgan fingerprint density at radius 3 is 2.47 bits per heavy atom. The van der Waals surface area contributed by atoms with E-state index < -0.39 is 27.9 Å². The molecule has 36 heavy (non-hydrogen) atoms. The Morgan fingerprint density at radius 2 is 1.83 bits per heavy atom. The van der Waals surface area contributed by atoms with Crippen molar-refractivity contribution in [2.75, 3.05) is 27.4 Å². The Kier molecular flexibility index (Phi) is 6.33. The lowest BCUT2D eigenvalue weighted by molar-refractivity contribution is -0.216. The number of halogens is 3. The molecule has 9 nitrogen and oxygen atoms in total. The molecule has 1 aliphatic heterocycles. The Labute approximate surface area is 204 Å². The fraction of sp³-hybridized carbons (Fsp3) is 0.348. The highest BCUT2D eigenvalue weighted by Gasteiger charge is 2.48. The van der Waals surface area contributed by atoms with Gasteiger partial charge in [0.1, 0.15) is 17.3 Å². The van der Waals surface area contributed by atoms with Crippen LogP contribution >= 0.6 is 0 Å². The van der Waals surface area contributed by atoms with Crippen LogP contribution in [0.5, 0.6) is 17.2 Å². The van der Waals surface area contributed by atoms with E-state index in [4.69, 9.17) is 18.9 Å². The van der Waals surface area contributed by atoms with Gasteiger partial charge in [-0.2, -0.15) is 13.2 Å². The molecule has 3 aromatic rings. The summed E-state index contributed by atoms with van der Waals surface area (Å²) in [6.07, 6.45) is -4.01. The van der Waals surface area contributed by atoms with E-state index in [2.05, 4.69) is 5.32 Å². The van der Waals surface area contributed by atoms with Crippen LogP contribution in [0, 0.1) is 6.92 Å². The van der Waals surface area contributed by atoms with E-state index in [1.807, 2.05) is 0 Å². The quantitative estimate of drug-likeness (QED) is 0.502. The van der Waals surface area contributed by atoms with Crippen LogP contribution in [-0.2, 0) is 25.3 Å². The van der Waals surface area contributed by atoms with Crippen LogP contribution in [0.2, 0.25) is 0 Å². The third-order valence-electron chi connectivity index (χ3n) is 5.77. The molecule has 1 N–H and O–H groups in total. The molecule has 2 heterocycles. The molecule has 2 aromatic carbocycles. The number of aromatic nitrogens is 1. The first-order valence-corrected chi connectivity index (χ1v) is 12.1. The standard InChI is InChI=1S/C23H23F3N2O7S/c1-13-5-6-16(32-3)18(11-13)36(30,31)28-9-7-14-15(28)12-17(33-4)20-19(14)22(2,27-8-10-34-20)35-21(29)23(24,25)26/h5-7,9,11-12,27H,8,10H2,1-4H3. The van der Waals surface area contributed by atoms with E-state index >= 15 is 0 Å². The number of aryl methyl sites for hydroxylation is 1. The molecule has 13 heteroatoms. The van der Waals surface area contributed by atoms with Gasteiger partial charge in [-0.15, -0.1) is 0 Å². The maximum Gasteiger partial charge on any atom is 0.491 e. The van der Waals surface area contributed by atoms with Gasteiger partial charge in [-0.25, -0.2) is 17.2 Å². The number of fused-ring (bicyclic) bond motifs is 3. The molecule has 1 unspecified atom stereocenters. The van der Waals surface area contributed by atoms with Crippen LogP contribution in [0.25, 0.3) is 10.9 Å². The molecule has 0 saturated heterocycles. The van der Waals surface area contributed by atoms with Gasteiger partial charge in [0.15, 0.2) is 17.2 Å². The van der Waals surface area contributed by atoms with E-state index in [1.165, 1.54) is 51.6 Å². The Bertz CT molecular complexity index is 1450. The van der Waals surface area contributed by atoms with E-state index in [-0.39, 0.29) is 51.8 Å². The molecule has 1 aromatic heterocycles. The zero-order valence-electron chi connectivity index (χ0n) is 19.7. The summed E-state index contributed by atoms with van der Waals surface area (Å²) in [5.74, 6) is -2.24. The summed E-state index contributed by atoms with van der Waals surface area (Å²) in [5, 5.41) is 2.94. The van der Waals surface area contributed by atoms with Crippen LogP contribution in [0.15, 0.2) is 41.4 Å². The van der Waals surface area contributed by atoms with E-state index in [0.29, 0.717) is 5.56 Å². The topological polar surface area (TPSA) is 105 Å². The highest BCUT2D eigenvalue weighted by atomic mass is 32.2. The largest absolute Gasteiger partial charge is 0.495 e. The lowest BCUT2D eigenvalue weighted by Gasteiger charge is -2.31. The molecule has 0 amide bonds. The van der Waals surface area contributed by atoms with Crippen molar-refractivity contribution in [2.45, 2.75) is 30.6 Å². The molecule has 0 bridgehead atoms. The van der Waals surface area contributed by atoms with Crippen LogP contribution in [-0.4, -0.2) is 51.9 Å². The van der Waals surface area contributed by atoms with Crippen molar-refractivity contribution in [1.82, 2.24) is 9.29 Å². The van der Waals surface area contributed by atoms with Crippen LogP contribution < -0.4 is 19.5 Å². The summed E-state index contributed by atoms with van der Waals surface area (Å²) in [6.45, 7) is 3.00. The Morgan fingerprint density at radius 1 is 1.14 bits per heavy atom. The number of nitrogens with one attached hydrogen (secondary N) is 1. The molecule has 194 valence electrons. The first-order valence-electron chi connectivity index (χ1n) is 10.6. The summed E-state index contributed by atoms with van der Waals surface area (Å²) >= 11 is 0. The highest BCUT2D eigenvalue weighted by molar-refractivity contribution is 7.90. The van der Waals surface area contributed by atoms with E-state index in [0.717, 1.165) is 3.97 Å². The summed E-state index contributed by atoms with van der Waals surface area (Å²) in [6, 6.07) is 7.44. The number of hydrogen-bond acceptors (Lipinski definition) is 8. The van der Waals surface area contributed by atoms with Crippen molar-refractivity contribution < 1.29 is 45.3 Å². The summed E-state index contributed by atoms with van der Waals surface area (Å²) in [4.78, 5) is 11.7. The molecular weight excluding hydrogens is 505 g/mol. The van der Waals surface area contributed by atoms with Gasteiger partial charge in [0, 0.05) is 24.2 Å². The fourth-order valence-electron chi connectivity index (χ4n) is 4.15. The monoisotopic (exact) mass is 528 g/mol. The smallest absolute Gasteiger partial charge is 0.491 e. The predicted molar refractivity (Wildman–Crippen MR) is 122 cm³/mol.